The van der Waals surface area contributed by atoms with Gasteiger partial charge in [0, 0.05) is 7.05 Å². The second-order valence-corrected chi connectivity index (χ2v) is 3.74. The van der Waals surface area contributed by atoms with Gasteiger partial charge >= 0.3 is 0 Å². The highest BCUT2D eigenvalue weighted by molar-refractivity contribution is 5.82. The lowest BCUT2D eigenvalue weighted by Crippen LogP contribution is -2.01. The van der Waals surface area contributed by atoms with Gasteiger partial charge in [0.05, 0.1) is 11.6 Å². The number of nitrogens with zero attached hydrogens (tertiary/aromatic N) is 8. The Hall–Kier alpha value is -3.26. The number of nitriles is 2. The lowest BCUT2D eigenvalue weighted by molar-refractivity contribution is 0.785. The number of aromatic nitrogens is 6. The topological polar surface area (TPSA) is 109 Å². The van der Waals surface area contributed by atoms with Crippen molar-refractivity contribution in [3.63, 3.8) is 0 Å². The molecule has 0 fully saturated rings. The number of imidazole rings is 1. The maximum absolute atomic E-state index is 9.13. The molecule has 0 atom stereocenters. The van der Waals surface area contributed by atoms with Gasteiger partial charge in [-0.1, -0.05) is 0 Å². The van der Waals surface area contributed by atoms with Crippen molar-refractivity contribution in [2.45, 2.75) is 0 Å². The maximum atomic E-state index is 9.13. The highest BCUT2D eigenvalue weighted by Crippen LogP contribution is 2.19. The summed E-state index contributed by atoms with van der Waals surface area (Å²) in [6.45, 7) is 0. The van der Waals surface area contributed by atoms with E-state index in [9.17, 15) is 0 Å². The molecule has 3 aromatic heterocycles. The van der Waals surface area contributed by atoms with Gasteiger partial charge in [-0.05, 0) is 0 Å². The Morgan fingerprint density at radius 3 is 2.74 bits per heavy atom. The van der Waals surface area contributed by atoms with Crippen LogP contribution >= 0.6 is 0 Å². The molecule has 0 spiro atoms. The van der Waals surface area contributed by atoms with Crippen LogP contribution in [0.5, 0.6) is 0 Å². The molecule has 0 N–H and O–H groups in total. The Morgan fingerprint density at radius 2 is 2.00 bits per heavy atom. The van der Waals surface area contributed by atoms with Crippen molar-refractivity contribution >= 4 is 11.0 Å². The van der Waals surface area contributed by atoms with Crippen molar-refractivity contribution < 1.29 is 0 Å². The Morgan fingerprint density at radius 1 is 1.16 bits per heavy atom. The summed E-state index contributed by atoms with van der Waals surface area (Å²) in [5.41, 5.74) is 0.852. The summed E-state index contributed by atoms with van der Waals surface area (Å²) in [5, 5.41) is 22.8. The molecule has 0 bridgehead atoms. The fourth-order valence-electron chi connectivity index (χ4n) is 1.84. The van der Waals surface area contributed by atoms with Gasteiger partial charge in [0.15, 0.2) is 22.9 Å². The Kier molecular flexibility index (Phi) is 2.23. The summed E-state index contributed by atoms with van der Waals surface area (Å²) < 4.78 is 3.07. The van der Waals surface area contributed by atoms with Gasteiger partial charge in [0.2, 0.25) is 0 Å². The van der Waals surface area contributed by atoms with E-state index in [4.69, 9.17) is 10.5 Å². The first-order valence-electron chi connectivity index (χ1n) is 5.27. The third-order valence-electron chi connectivity index (χ3n) is 2.72. The van der Waals surface area contributed by atoms with E-state index < -0.39 is 0 Å². The van der Waals surface area contributed by atoms with E-state index in [1.54, 1.807) is 17.9 Å². The lowest BCUT2D eigenvalue weighted by atomic mass is 10.3. The zero-order valence-electron chi connectivity index (χ0n) is 9.81. The predicted octanol–water partition coefficient (Wildman–Crippen LogP) is 0.292. The Bertz CT molecular complexity index is 857. The van der Waals surface area contributed by atoms with Crippen LogP contribution in [0.15, 0.2) is 18.9 Å². The molecule has 3 heterocycles. The third-order valence-corrected chi connectivity index (χ3v) is 2.72. The minimum atomic E-state index is 0.0677. The summed E-state index contributed by atoms with van der Waals surface area (Å²) in [7, 11) is 1.76. The number of hydrogen-bond donors (Lipinski definition) is 0. The van der Waals surface area contributed by atoms with Crippen LogP contribution in [-0.2, 0) is 7.05 Å². The first kappa shape index (κ1) is 10.9. The molecule has 0 saturated heterocycles. The van der Waals surface area contributed by atoms with Crippen molar-refractivity contribution in [3.8, 4) is 18.0 Å². The van der Waals surface area contributed by atoms with Gasteiger partial charge in [-0.25, -0.2) is 15.0 Å². The molecule has 19 heavy (non-hydrogen) atoms. The molecule has 90 valence electrons. The largest absolute Gasteiger partial charge is 0.272 e. The van der Waals surface area contributed by atoms with Crippen LogP contribution in [0.2, 0.25) is 0 Å². The molecule has 3 aromatic rings. The monoisotopic (exact) mass is 250 g/mol. The molecule has 0 saturated carbocycles. The van der Waals surface area contributed by atoms with E-state index in [1.165, 1.54) is 17.2 Å². The normalized spacial score (nSPS) is 10.3. The van der Waals surface area contributed by atoms with Gasteiger partial charge < -0.3 is 0 Å². The van der Waals surface area contributed by atoms with Crippen molar-refractivity contribution in [1.29, 1.82) is 10.5 Å². The zero-order chi connectivity index (χ0) is 13.4. The van der Waals surface area contributed by atoms with Gasteiger partial charge in [0.25, 0.3) is 0 Å². The number of fused-ring (bicyclic) bond motifs is 1. The molecule has 0 aliphatic heterocycles. The Balaban J connectivity index is 2.35. The van der Waals surface area contributed by atoms with Crippen LogP contribution in [0.1, 0.15) is 11.4 Å². The van der Waals surface area contributed by atoms with E-state index in [0.29, 0.717) is 16.9 Å². The molecule has 0 amide bonds. The summed E-state index contributed by atoms with van der Waals surface area (Å²) >= 11 is 0. The molecule has 0 aliphatic carbocycles. The van der Waals surface area contributed by atoms with Crippen molar-refractivity contribution in [2.24, 2.45) is 7.05 Å². The van der Waals surface area contributed by atoms with E-state index in [0.717, 1.165) is 0 Å². The van der Waals surface area contributed by atoms with E-state index in [1.807, 2.05) is 12.1 Å². The fraction of sp³-hybridized carbons (Fsp3) is 0.0909. The maximum Gasteiger partial charge on any atom is 0.177 e. The highest BCUT2D eigenvalue weighted by atomic mass is 15.3. The van der Waals surface area contributed by atoms with Crippen LogP contribution in [0.4, 0.5) is 0 Å². The minimum Gasteiger partial charge on any atom is -0.272 e. The average molecular weight is 250 g/mol. The van der Waals surface area contributed by atoms with Gasteiger partial charge in [-0.2, -0.15) is 15.6 Å². The molecular formula is C11H6N8. The van der Waals surface area contributed by atoms with Crippen LogP contribution in [-0.4, -0.2) is 29.3 Å². The SMILES string of the molecule is Cn1ncc2c(-n3cnc(C#N)c3C#N)ncnc21. The van der Waals surface area contributed by atoms with Gasteiger partial charge in [-0.3, -0.25) is 9.25 Å². The summed E-state index contributed by atoms with van der Waals surface area (Å²) in [5.74, 6) is 0.476. The fourth-order valence-corrected chi connectivity index (χ4v) is 1.84. The number of aryl methyl sites for hydroxylation is 1. The molecular weight excluding hydrogens is 244 g/mol. The Labute approximate surface area is 107 Å². The smallest absolute Gasteiger partial charge is 0.177 e. The van der Waals surface area contributed by atoms with E-state index >= 15 is 0 Å². The number of hydrogen-bond acceptors (Lipinski definition) is 6. The average Bonchev–Trinajstić information content (AvgIpc) is 3.02. The second-order valence-electron chi connectivity index (χ2n) is 3.74. The number of rotatable bonds is 1. The van der Waals surface area contributed by atoms with E-state index in [-0.39, 0.29) is 11.4 Å². The summed E-state index contributed by atoms with van der Waals surface area (Å²) in [6.07, 6.45) is 4.39. The van der Waals surface area contributed by atoms with Crippen LogP contribution in [0, 0.1) is 22.7 Å². The minimum absolute atomic E-state index is 0.0677. The molecule has 0 aromatic carbocycles. The highest BCUT2D eigenvalue weighted by Gasteiger charge is 2.16. The standard InChI is InChI=1S/C11H6N8/c1-18-10-7(4-17-18)11(15-5-14-10)19-6-16-8(2-12)9(19)3-13/h4-6H,1H3. The first-order valence-corrected chi connectivity index (χ1v) is 5.27. The second kappa shape index (κ2) is 3.89. The quantitative estimate of drug-likeness (QED) is 0.614. The molecule has 8 heteroatoms. The van der Waals surface area contributed by atoms with Gasteiger partial charge in [-0.15, -0.1) is 0 Å². The first-order chi connectivity index (χ1) is 9.26. The van der Waals surface area contributed by atoms with E-state index in [2.05, 4.69) is 20.1 Å². The summed E-state index contributed by atoms with van der Waals surface area (Å²) in [6, 6.07) is 3.83. The summed E-state index contributed by atoms with van der Waals surface area (Å²) in [4.78, 5) is 12.1. The van der Waals surface area contributed by atoms with Crippen LogP contribution < -0.4 is 0 Å². The van der Waals surface area contributed by atoms with Crippen molar-refractivity contribution in [1.82, 2.24) is 29.3 Å². The molecule has 3 rings (SSSR count). The third kappa shape index (κ3) is 1.44. The predicted molar refractivity (Wildman–Crippen MR) is 62.9 cm³/mol. The van der Waals surface area contributed by atoms with Crippen LogP contribution in [0.3, 0.4) is 0 Å². The van der Waals surface area contributed by atoms with Crippen molar-refractivity contribution in [2.75, 3.05) is 0 Å². The van der Waals surface area contributed by atoms with Crippen LogP contribution in [0.25, 0.3) is 16.9 Å². The molecule has 0 radical (unpaired) electrons. The lowest BCUT2D eigenvalue weighted by Gasteiger charge is -2.03. The van der Waals surface area contributed by atoms with Gasteiger partial charge in [0.1, 0.15) is 24.8 Å². The zero-order valence-corrected chi connectivity index (χ0v) is 9.81. The molecule has 0 unspecified atom stereocenters. The molecule has 0 aliphatic rings. The molecule has 8 nitrogen and oxygen atoms in total. The van der Waals surface area contributed by atoms with Crippen molar-refractivity contribution in [3.05, 3.63) is 30.2 Å².